The van der Waals surface area contributed by atoms with Gasteiger partial charge in [0.15, 0.2) is 0 Å². The van der Waals surface area contributed by atoms with Gasteiger partial charge in [-0.05, 0) is 6.07 Å². The summed E-state index contributed by atoms with van der Waals surface area (Å²) in [5.41, 5.74) is 3.57. The van der Waals surface area contributed by atoms with E-state index in [4.69, 9.17) is 16.3 Å². The fourth-order valence-corrected chi connectivity index (χ4v) is 2.59. The highest BCUT2D eigenvalue weighted by molar-refractivity contribution is 6.34. The van der Waals surface area contributed by atoms with Crippen molar-refractivity contribution in [1.29, 1.82) is 0 Å². The average Bonchev–Trinajstić information content (AvgIpc) is 2.57. The van der Waals surface area contributed by atoms with Gasteiger partial charge < -0.3 is 9.64 Å². The molecule has 2 aliphatic carbocycles. The molecule has 3 rings (SSSR count). The van der Waals surface area contributed by atoms with Crippen LogP contribution < -0.4 is 4.90 Å². The molecule has 0 aromatic heterocycles. The van der Waals surface area contributed by atoms with Gasteiger partial charge >= 0.3 is 0 Å². The van der Waals surface area contributed by atoms with Crippen LogP contribution in [0.5, 0.6) is 0 Å². The minimum absolute atomic E-state index is 0.795. The van der Waals surface area contributed by atoms with Crippen LogP contribution in [-0.2, 0) is 4.74 Å². The summed E-state index contributed by atoms with van der Waals surface area (Å²) in [5, 5.41) is 0.831. The molecule has 0 bridgehead atoms. The molecule has 0 saturated carbocycles. The summed E-state index contributed by atoms with van der Waals surface area (Å²) < 4.78 is 5.38. The smallest absolute Gasteiger partial charge is 0.0642 e. The lowest BCUT2D eigenvalue weighted by molar-refractivity contribution is 0.123. The van der Waals surface area contributed by atoms with Crippen molar-refractivity contribution in [2.24, 2.45) is 0 Å². The van der Waals surface area contributed by atoms with Gasteiger partial charge in [-0.25, -0.2) is 0 Å². The van der Waals surface area contributed by atoms with E-state index in [1.807, 2.05) is 12.1 Å². The normalized spacial score (nSPS) is 16.4. The third-order valence-corrected chi connectivity index (χ3v) is 3.50. The zero-order valence-corrected chi connectivity index (χ0v) is 10.3. The van der Waals surface area contributed by atoms with E-state index in [0.29, 0.717) is 0 Å². The summed E-state index contributed by atoms with van der Waals surface area (Å²) in [6.45, 7) is 3.47. The highest BCUT2D eigenvalue weighted by Gasteiger charge is 2.19. The van der Waals surface area contributed by atoms with Crippen LogP contribution in [0.4, 0.5) is 5.69 Å². The number of rotatable bonds is 1. The Morgan fingerprint density at radius 2 is 1.71 bits per heavy atom. The van der Waals surface area contributed by atoms with Crippen LogP contribution in [0.3, 0.4) is 0 Å². The molecule has 0 N–H and O–H groups in total. The van der Waals surface area contributed by atoms with Crippen LogP contribution >= 0.6 is 11.6 Å². The molecule has 3 aliphatic rings. The van der Waals surface area contributed by atoms with Crippen molar-refractivity contribution in [2.75, 3.05) is 31.2 Å². The van der Waals surface area contributed by atoms with Crippen molar-refractivity contribution < 1.29 is 4.74 Å². The number of anilines is 1. The third kappa shape index (κ3) is 1.99. The first-order chi connectivity index (χ1) is 8.36. The molecule has 2 nitrogen and oxygen atoms in total. The topological polar surface area (TPSA) is 12.5 Å². The molecule has 1 heterocycles. The first-order valence-corrected chi connectivity index (χ1v) is 6.24. The third-order valence-electron chi connectivity index (χ3n) is 3.19. The van der Waals surface area contributed by atoms with Crippen molar-refractivity contribution in [3.8, 4) is 11.1 Å². The number of nitrogens with zero attached hydrogens (tertiary/aromatic N) is 1. The standard InChI is InChI=1S/C14H14ClNO/c15-13-10-14(16-6-8-17-9-7-16)12-5-3-1-2-4-11(12)13/h1-5,10H,6-9H2. The largest absolute Gasteiger partial charge is 0.378 e. The van der Waals surface area contributed by atoms with Gasteiger partial charge in [0.05, 0.1) is 18.2 Å². The fourth-order valence-electron chi connectivity index (χ4n) is 2.32. The van der Waals surface area contributed by atoms with Gasteiger partial charge in [0.2, 0.25) is 0 Å². The lowest BCUT2D eigenvalue weighted by Gasteiger charge is -2.28. The number of hydrogen-bond acceptors (Lipinski definition) is 2. The van der Waals surface area contributed by atoms with E-state index in [0.717, 1.165) is 36.9 Å². The highest BCUT2D eigenvalue weighted by Crippen LogP contribution is 2.40. The lowest BCUT2D eigenvalue weighted by atomic mass is 10.1. The Hall–Kier alpha value is -1.25. The van der Waals surface area contributed by atoms with Crippen molar-refractivity contribution in [1.82, 2.24) is 0 Å². The summed E-state index contributed by atoms with van der Waals surface area (Å²) in [4.78, 5) is 2.34. The van der Waals surface area contributed by atoms with Gasteiger partial charge in [-0.3, -0.25) is 0 Å². The zero-order valence-electron chi connectivity index (χ0n) is 9.53. The molecule has 3 heteroatoms. The quantitative estimate of drug-likeness (QED) is 0.767. The molecule has 0 unspecified atom stereocenters. The van der Waals surface area contributed by atoms with Crippen LogP contribution in [0.1, 0.15) is 0 Å². The number of morpholine rings is 1. The fraction of sp³-hybridized carbons (Fsp3) is 0.286. The average molecular weight is 248 g/mol. The molecule has 1 saturated heterocycles. The predicted molar refractivity (Wildman–Crippen MR) is 71.1 cm³/mol. The second kappa shape index (κ2) is 4.55. The monoisotopic (exact) mass is 247 g/mol. The molecule has 0 amide bonds. The van der Waals surface area contributed by atoms with E-state index in [1.165, 1.54) is 11.3 Å². The summed E-state index contributed by atoms with van der Waals surface area (Å²) in [6, 6.07) is 12.4. The molecule has 0 aromatic rings. The lowest BCUT2D eigenvalue weighted by Crippen LogP contribution is -2.36. The summed E-state index contributed by atoms with van der Waals surface area (Å²) >= 11 is 6.30. The molecule has 0 atom stereocenters. The van der Waals surface area contributed by atoms with Crippen LogP contribution in [0.15, 0.2) is 36.4 Å². The summed E-state index contributed by atoms with van der Waals surface area (Å²) in [7, 11) is 0. The summed E-state index contributed by atoms with van der Waals surface area (Å²) in [5.74, 6) is 0. The molecular formula is C14H14ClNO. The maximum atomic E-state index is 6.30. The maximum Gasteiger partial charge on any atom is 0.0642 e. The van der Waals surface area contributed by atoms with Gasteiger partial charge in [0.25, 0.3) is 0 Å². The number of fused-ring (bicyclic) bond motifs is 1. The van der Waals surface area contributed by atoms with Crippen molar-refractivity contribution in [3.05, 3.63) is 41.4 Å². The predicted octanol–water partition coefficient (Wildman–Crippen LogP) is 3.28. The molecule has 88 valence electrons. The first kappa shape index (κ1) is 10.9. The second-order valence-corrected chi connectivity index (χ2v) is 4.62. The number of halogens is 1. The van der Waals surface area contributed by atoms with E-state index >= 15 is 0 Å². The Balaban J connectivity index is 2.06. The maximum absolute atomic E-state index is 6.30. The van der Waals surface area contributed by atoms with Gasteiger partial charge in [-0.15, -0.1) is 0 Å². The van der Waals surface area contributed by atoms with Gasteiger partial charge in [-0.2, -0.15) is 0 Å². The van der Waals surface area contributed by atoms with E-state index < -0.39 is 0 Å². The number of ether oxygens (including phenoxy) is 1. The minimum atomic E-state index is 0.795. The van der Waals surface area contributed by atoms with Crippen LogP contribution in [0.2, 0.25) is 5.02 Å². The molecular weight excluding hydrogens is 234 g/mol. The first-order valence-electron chi connectivity index (χ1n) is 5.86. The van der Waals surface area contributed by atoms with Gasteiger partial charge in [-0.1, -0.05) is 41.9 Å². The molecule has 0 spiro atoms. The van der Waals surface area contributed by atoms with Crippen LogP contribution in [-0.4, -0.2) is 26.3 Å². The van der Waals surface area contributed by atoms with E-state index in [-0.39, 0.29) is 0 Å². The molecule has 1 fully saturated rings. The van der Waals surface area contributed by atoms with E-state index in [2.05, 4.69) is 29.2 Å². The molecule has 0 radical (unpaired) electrons. The highest BCUT2D eigenvalue weighted by atomic mass is 35.5. The van der Waals surface area contributed by atoms with Gasteiger partial charge in [0.1, 0.15) is 0 Å². The van der Waals surface area contributed by atoms with Crippen molar-refractivity contribution in [3.63, 3.8) is 0 Å². The Kier molecular flexibility index (Phi) is 2.91. The molecule has 0 aromatic carbocycles. The SMILES string of the molecule is Clc1cc(N2CCOCC2)c2cccccc1-2. The van der Waals surface area contributed by atoms with E-state index in [1.54, 1.807) is 0 Å². The van der Waals surface area contributed by atoms with E-state index in [9.17, 15) is 0 Å². The number of hydrogen-bond donors (Lipinski definition) is 0. The minimum Gasteiger partial charge on any atom is -0.378 e. The second-order valence-electron chi connectivity index (χ2n) is 4.21. The van der Waals surface area contributed by atoms with Gasteiger partial charge in [0, 0.05) is 29.9 Å². The Bertz CT molecular complexity index is 494. The van der Waals surface area contributed by atoms with Crippen LogP contribution in [0.25, 0.3) is 11.1 Å². The van der Waals surface area contributed by atoms with Crippen molar-refractivity contribution >= 4 is 17.3 Å². The van der Waals surface area contributed by atoms with Crippen molar-refractivity contribution in [2.45, 2.75) is 0 Å². The van der Waals surface area contributed by atoms with Crippen LogP contribution in [0, 0.1) is 0 Å². The molecule has 17 heavy (non-hydrogen) atoms. The zero-order chi connectivity index (χ0) is 11.7. The Labute approximate surface area is 106 Å². The summed E-state index contributed by atoms with van der Waals surface area (Å²) in [6.07, 6.45) is 0. The Morgan fingerprint density at radius 3 is 2.47 bits per heavy atom. The molecule has 1 aliphatic heterocycles. The Morgan fingerprint density at radius 1 is 1.00 bits per heavy atom.